The molecule has 1 amide bonds. The van der Waals surface area contributed by atoms with Gasteiger partial charge in [-0.3, -0.25) is 4.79 Å². The first kappa shape index (κ1) is 15.0. The Morgan fingerprint density at radius 1 is 1.14 bits per heavy atom. The molecule has 21 heavy (non-hydrogen) atoms. The van der Waals surface area contributed by atoms with Gasteiger partial charge in [0.1, 0.15) is 5.15 Å². The summed E-state index contributed by atoms with van der Waals surface area (Å²) in [5.74, 6) is -0.983. The van der Waals surface area contributed by atoms with Gasteiger partial charge in [-0.05, 0) is 17.7 Å². The molecular weight excluding hydrogens is 292 g/mol. The van der Waals surface area contributed by atoms with Gasteiger partial charge in [0.05, 0.1) is 5.56 Å². The summed E-state index contributed by atoms with van der Waals surface area (Å²) in [6.07, 6.45) is 1.30. The Hall–Kier alpha value is -2.40. The van der Waals surface area contributed by atoms with Gasteiger partial charge < -0.3 is 10.1 Å². The van der Waals surface area contributed by atoms with Crippen molar-refractivity contribution < 1.29 is 14.3 Å². The molecule has 0 saturated heterocycles. The summed E-state index contributed by atoms with van der Waals surface area (Å²) in [6.45, 7) is 0.0496. The quantitative estimate of drug-likeness (QED) is 0.679. The van der Waals surface area contributed by atoms with Gasteiger partial charge in [0.25, 0.3) is 5.91 Å². The van der Waals surface area contributed by atoms with E-state index in [0.717, 1.165) is 5.56 Å². The van der Waals surface area contributed by atoms with E-state index in [9.17, 15) is 9.59 Å². The summed E-state index contributed by atoms with van der Waals surface area (Å²) >= 11 is 5.62. The summed E-state index contributed by atoms with van der Waals surface area (Å²) in [5.41, 5.74) is 1.22. The van der Waals surface area contributed by atoms with E-state index < -0.39 is 5.97 Å². The van der Waals surface area contributed by atoms with Crippen molar-refractivity contribution >= 4 is 23.5 Å². The Kier molecular flexibility index (Phi) is 5.29. The van der Waals surface area contributed by atoms with Crippen LogP contribution >= 0.6 is 11.6 Å². The number of esters is 1. The predicted octanol–water partition coefficient (Wildman–Crippen LogP) is 2.21. The second kappa shape index (κ2) is 7.40. The SMILES string of the molecule is O=C(COC(=O)c1ccc(Cl)nc1)NCc1ccccc1. The van der Waals surface area contributed by atoms with Crippen molar-refractivity contribution in [2.45, 2.75) is 6.54 Å². The van der Waals surface area contributed by atoms with Gasteiger partial charge in [0.2, 0.25) is 0 Å². The van der Waals surface area contributed by atoms with Gasteiger partial charge in [-0.2, -0.15) is 0 Å². The Morgan fingerprint density at radius 3 is 2.57 bits per heavy atom. The standard InChI is InChI=1S/C15H13ClN2O3/c16-13-7-6-12(9-17-13)15(20)21-10-14(19)18-8-11-4-2-1-3-5-11/h1-7,9H,8,10H2,(H,18,19). The number of benzene rings is 1. The predicted molar refractivity (Wildman–Crippen MR) is 77.8 cm³/mol. The first-order chi connectivity index (χ1) is 10.1. The van der Waals surface area contributed by atoms with Gasteiger partial charge in [-0.1, -0.05) is 41.9 Å². The van der Waals surface area contributed by atoms with E-state index in [1.807, 2.05) is 30.3 Å². The number of nitrogens with zero attached hydrogens (tertiary/aromatic N) is 1. The average Bonchev–Trinajstić information content (AvgIpc) is 2.52. The maximum absolute atomic E-state index is 11.6. The lowest BCUT2D eigenvalue weighted by Crippen LogP contribution is -2.28. The highest BCUT2D eigenvalue weighted by molar-refractivity contribution is 6.29. The van der Waals surface area contributed by atoms with Crippen molar-refractivity contribution in [3.05, 3.63) is 64.9 Å². The summed E-state index contributed by atoms with van der Waals surface area (Å²) in [5, 5.41) is 2.95. The summed E-state index contributed by atoms with van der Waals surface area (Å²) < 4.78 is 4.88. The molecule has 0 aliphatic carbocycles. The van der Waals surface area contributed by atoms with Crippen molar-refractivity contribution in [3.8, 4) is 0 Å². The fourth-order valence-electron chi connectivity index (χ4n) is 1.56. The van der Waals surface area contributed by atoms with Gasteiger partial charge in [0.15, 0.2) is 6.61 Å². The third kappa shape index (κ3) is 4.89. The zero-order valence-corrected chi connectivity index (χ0v) is 11.8. The van der Waals surface area contributed by atoms with Crippen LogP contribution in [0.15, 0.2) is 48.7 Å². The molecule has 0 unspecified atom stereocenters. The molecule has 1 N–H and O–H groups in total. The number of nitrogens with one attached hydrogen (secondary N) is 1. The topological polar surface area (TPSA) is 68.3 Å². The lowest BCUT2D eigenvalue weighted by Gasteiger charge is -2.06. The van der Waals surface area contributed by atoms with E-state index in [1.54, 1.807) is 0 Å². The first-order valence-electron chi connectivity index (χ1n) is 6.24. The van der Waals surface area contributed by atoms with E-state index in [-0.39, 0.29) is 23.2 Å². The number of amides is 1. The van der Waals surface area contributed by atoms with Crippen LogP contribution in [-0.2, 0) is 16.1 Å². The van der Waals surface area contributed by atoms with Crippen LogP contribution in [0.5, 0.6) is 0 Å². The molecule has 0 saturated carbocycles. The number of carbonyl (C=O) groups is 2. The summed E-state index contributed by atoms with van der Waals surface area (Å²) in [4.78, 5) is 27.0. The summed E-state index contributed by atoms with van der Waals surface area (Å²) in [6, 6.07) is 12.4. The second-order valence-electron chi connectivity index (χ2n) is 4.21. The largest absolute Gasteiger partial charge is 0.452 e. The minimum atomic E-state index is -0.617. The zero-order valence-electron chi connectivity index (χ0n) is 11.1. The van der Waals surface area contributed by atoms with Crippen LogP contribution < -0.4 is 5.32 Å². The highest BCUT2D eigenvalue weighted by atomic mass is 35.5. The molecule has 1 aromatic carbocycles. The number of rotatable bonds is 5. The van der Waals surface area contributed by atoms with Crippen LogP contribution in [0.1, 0.15) is 15.9 Å². The van der Waals surface area contributed by atoms with Crippen LogP contribution in [0.2, 0.25) is 5.15 Å². The van der Waals surface area contributed by atoms with Gasteiger partial charge in [-0.15, -0.1) is 0 Å². The van der Waals surface area contributed by atoms with Gasteiger partial charge >= 0.3 is 5.97 Å². The lowest BCUT2D eigenvalue weighted by molar-refractivity contribution is -0.124. The minimum Gasteiger partial charge on any atom is -0.452 e. The molecule has 0 atom stereocenters. The van der Waals surface area contributed by atoms with Crippen LogP contribution in [0.3, 0.4) is 0 Å². The number of ether oxygens (including phenoxy) is 1. The van der Waals surface area contributed by atoms with Crippen molar-refractivity contribution in [2.24, 2.45) is 0 Å². The average molecular weight is 305 g/mol. The van der Waals surface area contributed by atoms with Crippen LogP contribution in [-0.4, -0.2) is 23.5 Å². The van der Waals surface area contributed by atoms with Crippen LogP contribution in [0, 0.1) is 0 Å². The third-order valence-corrected chi connectivity index (χ3v) is 2.85. The molecule has 1 heterocycles. The third-order valence-electron chi connectivity index (χ3n) is 2.63. The molecular formula is C15H13ClN2O3. The smallest absolute Gasteiger partial charge is 0.340 e. The van der Waals surface area contributed by atoms with Crippen LogP contribution in [0.25, 0.3) is 0 Å². The Balaban J connectivity index is 1.76. The van der Waals surface area contributed by atoms with E-state index in [0.29, 0.717) is 6.54 Å². The van der Waals surface area contributed by atoms with Crippen LogP contribution in [0.4, 0.5) is 0 Å². The first-order valence-corrected chi connectivity index (χ1v) is 6.62. The number of pyridine rings is 1. The van der Waals surface area contributed by atoms with E-state index >= 15 is 0 Å². The molecule has 0 fully saturated rings. The van der Waals surface area contributed by atoms with E-state index in [4.69, 9.17) is 16.3 Å². The highest BCUT2D eigenvalue weighted by Crippen LogP contribution is 2.06. The normalized spacial score (nSPS) is 9.95. The molecule has 0 spiro atoms. The Bertz CT molecular complexity index is 615. The Labute approximate surface area is 126 Å². The van der Waals surface area contributed by atoms with Gasteiger partial charge in [0, 0.05) is 12.7 Å². The molecule has 2 rings (SSSR count). The molecule has 2 aromatic rings. The second-order valence-corrected chi connectivity index (χ2v) is 4.60. The Morgan fingerprint density at radius 2 is 1.90 bits per heavy atom. The van der Waals surface area contributed by atoms with E-state index in [1.165, 1.54) is 18.3 Å². The molecule has 108 valence electrons. The molecule has 1 aromatic heterocycles. The number of carbonyl (C=O) groups excluding carboxylic acids is 2. The lowest BCUT2D eigenvalue weighted by atomic mass is 10.2. The zero-order chi connectivity index (χ0) is 15.1. The molecule has 0 aliphatic rings. The highest BCUT2D eigenvalue weighted by Gasteiger charge is 2.10. The fourth-order valence-corrected chi connectivity index (χ4v) is 1.67. The minimum absolute atomic E-state index is 0.246. The molecule has 0 radical (unpaired) electrons. The summed E-state index contributed by atoms with van der Waals surface area (Å²) in [7, 11) is 0. The van der Waals surface area contributed by atoms with Crippen molar-refractivity contribution in [1.82, 2.24) is 10.3 Å². The maximum Gasteiger partial charge on any atom is 0.340 e. The monoisotopic (exact) mass is 304 g/mol. The van der Waals surface area contributed by atoms with Crippen molar-refractivity contribution in [1.29, 1.82) is 0 Å². The molecule has 0 bridgehead atoms. The fraction of sp³-hybridized carbons (Fsp3) is 0.133. The number of halogens is 1. The van der Waals surface area contributed by atoms with E-state index in [2.05, 4.69) is 10.3 Å². The van der Waals surface area contributed by atoms with Gasteiger partial charge in [-0.25, -0.2) is 9.78 Å². The number of hydrogen-bond donors (Lipinski definition) is 1. The maximum atomic E-state index is 11.6. The molecule has 5 nitrogen and oxygen atoms in total. The number of aromatic nitrogens is 1. The van der Waals surface area contributed by atoms with Crippen molar-refractivity contribution in [3.63, 3.8) is 0 Å². The number of hydrogen-bond acceptors (Lipinski definition) is 4. The molecule has 6 heteroatoms. The molecule has 0 aliphatic heterocycles. The van der Waals surface area contributed by atoms with Crippen molar-refractivity contribution in [2.75, 3.05) is 6.61 Å².